The van der Waals surface area contributed by atoms with Crippen LogP contribution < -0.4 is 5.73 Å². The summed E-state index contributed by atoms with van der Waals surface area (Å²) in [5.74, 6) is 0.377. The molecule has 0 spiro atoms. The van der Waals surface area contributed by atoms with Crippen molar-refractivity contribution in [2.75, 3.05) is 6.54 Å². The van der Waals surface area contributed by atoms with Gasteiger partial charge in [0.15, 0.2) is 0 Å². The van der Waals surface area contributed by atoms with Crippen molar-refractivity contribution in [2.24, 2.45) is 11.7 Å². The molecule has 1 aliphatic rings. The summed E-state index contributed by atoms with van der Waals surface area (Å²) in [5.41, 5.74) is 5.50. The van der Waals surface area contributed by atoms with Gasteiger partial charge >= 0.3 is 0 Å². The summed E-state index contributed by atoms with van der Waals surface area (Å²) >= 11 is 0. The van der Waals surface area contributed by atoms with Gasteiger partial charge in [-0.05, 0) is 25.3 Å². The average Bonchev–Trinajstić information content (AvgIpc) is 2.13. The van der Waals surface area contributed by atoms with Gasteiger partial charge in [-0.1, -0.05) is 19.3 Å². The lowest BCUT2D eigenvalue weighted by Crippen LogP contribution is -2.26. The van der Waals surface area contributed by atoms with E-state index in [2.05, 4.69) is 0 Å². The van der Waals surface area contributed by atoms with Crippen molar-refractivity contribution < 1.29 is 5.11 Å². The number of nitrogens with two attached hydrogens (primary N) is 1. The minimum atomic E-state index is -0.118. The lowest BCUT2D eigenvalue weighted by atomic mass is 9.98. The molecule has 0 aliphatic heterocycles. The summed E-state index contributed by atoms with van der Waals surface area (Å²) in [6.45, 7) is 0.654. The first-order valence-corrected chi connectivity index (χ1v) is 4.22. The van der Waals surface area contributed by atoms with Gasteiger partial charge in [-0.3, -0.25) is 0 Å². The molecule has 10 heavy (non-hydrogen) atoms. The minimum Gasteiger partial charge on any atom is -0.393 e. The Morgan fingerprint density at radius 2 is 1.90 bits per heavy atom. The van der Waals surface area contributed by atoms with E-state index in [1.807, 2.05) is 0 Å². The van der Waals surface area contributed by atoms with E-state index in [-0.39, 0.29) is 6.10 Å². The van der Waals surface area contributed by atoms with Crippen LogP contribution in [0.2, 0.25) is 0 Å². The maximum absolute atomic E-state index is 9.47. The van der Waals surface area contributed by atoms with Gasteiger partial charge in [0.05, 0.1) is 6.10 Å². The quantitative estimate of drug-likeness (QED) is 0.535. The molecule has 0 unspecified atom stereocenters. The molecule has 1 aliphatic carbocycles. The van der Waals surface area contributed by atoms with Gasteiger partial charge in [0.2, 0.25) is 0 Å². The van der Waals surface area contributed by atoms with Gasteiger partial charge in [0, 0.05) is 0 Å². The minimum absolute atomic E-state index is 0.118. The number of aliphatic hydroxyl groups is 1. The molecule has 0 aromatic heterocycles. The number of aliphatic hydroxyl groups excluding tert-OH is 1. The van der Waals surface area contributed by atoms with E-state index < -0.39 is 0 Å². The van der Waals surface area contributed by atoms with Crippen molar-refractivity contribution in [1.29, 1.82) is 0 Å². The van der Waals surface area contributed by atoms with Crippen LogP contribution in [0.5, 0.6) is 0 Å². The molecule has 2 atom stereocenters. The zero-order chi connectivity index (χ0) is 7.40. The molecule has 0 heterocycles. The zero-order valence-electron chi connectivity index (χ0n) is 6.42. The molecule has 3 N–H and O–H groups in total. The van der Waals surface area contributed by atoms with Gasteiger partial charge in [-0.25, -0.2) is 0 Å². The second-order valence-electron chi connectivity index (χ2n) is 3.20. The highest BCUT2D eigenvalue weighted by Gasteiger charge is 2.19. The third-order valence-corrected chi connectivity index (χ3v) is 2.42. The van der Waals surface area contributed by atoms with Crippen LogP contribution in [0.15, 0.2) is 0 Å². The van der Waals surface area contributed by atoms with Crippen LogP contribution in [0.4, 0.5) is 0 Å². The third-order valence-electron chi connectivity index (χ3n) is 2.42. The number of hydrogen-bond donors (Lipinski definition) is 2. The second kappa shape index (κ2) is 3.94. The summed E-state index contributed by atoms with van der Waals surface area (Å²) in [4.78, 5) is 0. The summed E-state index contributed by atoms with van der Waals surface area (Å²) in [6, 6.07) is 0. The third kappa shape index (κ3) is 1.96. The molecular weight excluding hydrogens is 126 g/mol. The Morgan fingerprint density at radius 3 is 2.60 bits per heavy atom. The van der Waals surface area contributed by atoms with E-state index in [0.29, 0.717) is 12.5 Å². The number of hydrogen-bond acceptors (Lipinski definition) is 2. The van der Waals surface area contributed by atoms with Crippen molar-refractivity contribution in [3.8, 4) is 0 Å². The van der Waals surface area contributed by atoms with E-state index in [0.717, 1.165) is 12.8 Å². The summed E-state index contributed by atoms with van der Waals surface area (Å²) in [7, 11) is 0. The lowest BCUT2D eigenvalue weighted by molar-refractivity contribution is 0.105. The van der Waals surface area contributed by atoms with Crippen molar-refractivity contribution in [1.82, 2.24) is 0 Å². The molecule has 1 rings (SSSR count). The van der Waals surface area contributed by atoms with Gasteiger partial charge < -0.3 is 10.8 Å². The molecule has 0 bridgehead atoms. The predicted octanol–water partition coefficient (Wildman–Crippen LogP) is 0.886. The molecule has 1 saturated carbocycles. The van der Waals surface area contributed by atoms with Crippen LogP contribution in [-0.4, -0.2) is 17.8 Å². The highest BCUT2D eigenvalue weighted by molar-refractivity contribution is 4.72. The fourth-order valence-corrected chi connectivity index (χ4v) is 1.64. The van der Waals surface area contributed by atoms with Gasteiger partial charge in [0.1, 0.15) is 0 Å². The Morgan fingerprint density at radius 1 is 1.20 bits per heavy atom. The highest BCUT2D eigenvalue weighted by Crippen LogP contribution is 2.22. The molecule has 60 valence electrons. The number of rotatable bonds is 1. The molecule has 0 amide bonds. The van der Waals surface area contributed by atoms with Crippen LogP contribution in [0, 0.1) is 5.92 Å². The maximum Gasteiger partial charge on any atom is 0.0580 e. The first kappa shape index (κ1) is 8.02. The van der Waals surface area contributed by atoms with Crippen molar-refractivity contribution in [2.45, 2.75) is 38.2 Å². The Kier molecular flexibility index (Phi) is 3.16. The van der Waals surface area contributed by atoms with Crippen LogP contribution in [0.3, 0.4) is 0 Å². The average molecular weight is 143 g/mol. The molecule has 0 radical (unpaired) electrons. The second-order valence-corrected chi connectivity index (χ2v) is 3.20. The molecule has 0 saturated heterocycles. The first-order chi connectivity index (χ1) is 4.84. The molecule has 2 nitrogen and oxygen atoms in total. The topological polar surface area (TPSA) is 46.2 Å². The normalized spacial score (nSPS) is 35.4. The van der Waals surface area contributed by atoms with E-state index in [1.54, 1.807) is 0 Å². The molecule has 1 fully saturated rings. The summed E-state index contributed by atoms with van der Waals surface area (Å²) < 4.78 is 0. The van der Waals surface area contributed by atoms with Crippen LogP contribution >= 0.6 is 0 Å². The first-order valence-electron chi connectivity index (χ1n) is 4.22. The van der Waals surface area contributed by atoms with Gasteiger partial charge in [0.25, 0.3) is 0 Å². The van der Waals surface area contributed by atoms with Gasteiger partial charge in [-0.15, -0.1) is 0 Å². The Bertz CT molecular complexity index is 95.3. The highest BCUT2D eigenvalue weighted by atomic mass is 16.3. The standard InChI is InChI=1S/C8H17NO/c9-6-7-4-2-1-3-5-8(7)10/h7-8,10H,1-6,9H2/t7-,8-/m1/s1. The van der Waals surface area contributed by atoms with Crippen LogP contribution in [0.25, 0.3) is 0 Å². The van der Waals surface area contributed by atoms with Crippen LogP contribution in [-0.2, 0) is 0 Å². The summed E-state index contributed by atoms with van der Waals surface area (Å²) in [6.07, 6.45) is 5.66. The zero-order valence-corrected chi connectivity index (χ0v) is 6.42. The van der Waals surface area contributed by atoms with E-state index in [4.69, 9.17) is 5.73 Å². The molecule has 0 aromatic rings. The van der Waals surface area contributed by atoms with E-state index in [1.165, 1.54) is 19.3 Å². The van der Waals surface area contributed by atoms with Gasteiger partial charge in [-0.2, -0.15) is 0 Å². The summed E-state index contributed by atoms with van der Waals surface area (Å²) in [5, 5.41) is 9.47. The molecule has 0 aromatic carbocycles. The van der Waals surface area contributed by atoms with E-state index in [9.17, 15) is 5.11 Å². The molecule has 2 heteroatoms. The molecular formula is C8H17NO. The fraction of sp³-hybridized carbons (Fsp3) is 1.00. The Labute approximate surface area is 62.4 Å². The fourth-order valence-electron chi connectivity index (χ4n) is 1.64. The van der Waals surface area contributed by atoms with Crippen molar-refractivity contribution >= 4 is 0 Å². The van der Waals surface area contributed by atoms with Crippen LogP contribution in [0.1, 0.15) is 32.1 Å². The van der Waals surface area contributed by atoms with Crippen molar-refractivity contribution in [3.63, 3.8) is 0 Å². The lowest BCUT2D eigenvalue weighted by Gasteiger charge is -2.17. The maximum atomic E-state index is 9.47. The van der Waals surface area contributed by atoms with E-state index >= 15 is 0 Å². The predicted molar refractivity (Wildman–Crippen MR) is 41.6 cm³/mol. The SMILES string of the molecule is NC[C@H]1CCCCC[C@H]1O. The Hall–Kier alpha value is -0.0800. The smallest absolute Gasteiger partial charge is 0.0580 e. The van der Waals surface area contributed by atoms with Crippen molar-refractivity contribution in [3.05, 3.63) is 0 Å². The monoisotopic (exact) mass is 143 g/mol. The Balaban J connectivity index is 2.35. The largest absolute Gasteiger partial charge is 0.393 e.